The molecule has 30 heavy (non-hydrogen) atoms. The van der Waals surface area contributed by atoms with Gasteiger partial charge in [-0.3, -0.25) is 14.5 Å². The van der Waals surface area contributed by atoms with Crippen molar-refractivity contribution in [2.75, 3.05) is 39.4 Å². The lowest BCUT2D eigenvalue weighted by Crippen LogP contribution is -2.38. The maximum atomic E-state index is 12.9. The van der Waals surface area contributed by atoms with Crippen molar-refractivity contribution in [3.05, 3.63) is 65.1 Å². The largest absolute Gasteiger partial charge is 0.507 e. The van der Waals surface area contributed by atoms with E-state index < -0.39 is 17.7 Å². The van der Waals surface area contributed by atoms with E-state index in [1.54, 1.807) is 24.3 Å². The van der Waals surface area contributed by atoms with Crippen LogP contribution in [0.4, 0.5) is 0 Å². The van der Waals surface area contributed by atoms with Gasteiger partial charge in [0, 0.05) is 31.7 Å². The Morgan fingerprint density at radius 2 is 1.83 bits per heavy atom. The van der Waals surface area contributed by atoms with E-state index in [0.717, 1.165) is 31.6 Å². The van der Waals surface area contributed by atoms with Crippen LogP contribution >= 0.6 is 0 Å². The number of Topliss-reactive ketones (excluding diaryl/α,β-unsaturated/α-hetero) is 1. The number of carbonyl (C=O) groups is 2. The Morgan fingerprint density at radius 1 is 1.10 bits per heavy atom. The number of likely N-dealkylation sites (tertiary alicyclic amines) is 1. The molecule has 7 heteroatoms. The van der Waals surface area contributed by atoms with Gasteiger partial charge in [0.2, 0.25) is 0 Å². The molecule has 1 atom stereocenters. The number of hydrogen-bond donors (Lipinski definition) is 1. The Hall–Kier alpha value is -2.90. The van der Waals surface area contributed by atoms with Gasteiger partial charge in [-0.2, -0.15) is 0 Å². The second kappa shape index (κ2) is 8.85. The zero-order chi connectivity index (χ0) is 21.1. The molecular formula is C23H26N2O5. The van der Waals surface area contributed by atoms with Gasteiger partial charge in [0.1, 0.15) is 17.6 Å². The topological polar surface area (TPSA) is 83.2 Å². The van der Waals surface area contributed by atoms with Gasteiger partial charge in [-0.05, 0) is 25.5 Å². The first-order valence-electron chi connectivity index (χ1n) is 10.2. The smallest absolute Gasteiger partial charge is 0.295 e. The van der Waals surface area contributed by atoms with E-state index in [9.17, 15) is 14.7 Å². The monoisotopic (exact) mass is 410 g/mol. The summed E-state index contributed by atoms with van der Waals surface area (Å²) < 4.78 is 10.9. The Balaban J connectivity index is 1.61. The molecule has 0 saturated carbocycles. The molecule has 0 spiro atoms. The number of benzene rings is 1. The van der Waals surface area contributed by atoms with Crippen molar-refractivity contribution in [1.29, 1.82) is 0 Å². The molecule has 2 aromatic rings. The quantitative estimate of drug-likeness (QED) is 0.448. The molecule has 0 bridgehead atoms. The van der Waals surface area contributed by atoms with Gasteiger partial charge in [-0.1, -0.05) is 29.8 Å². The van der Waals surface area contributed by atoms with Crippen molar-refractivity contribution < 1.29 is 23.8 Å². The van der Waals surface area contributed by atoms with E-state index in [1.807, 2.05) is 19.1 Å². The first-order valence-corrected chi connectivity index (χ1v) is 10.2. The van der Waals surface area contributed by atoms with E-state index in [0.29, 0.717) is 31.1 Å². The van der Waals surface area contributed by atoms with Crippen LogP contribution in [0.1, 0.15) is 29.3 Å². The zero-order valence-corrected chi connectivity index (χ0v) is 17.0. The van der Waals surface area contributed by atoms with Crippen LogP contribution in [0.25, 0.3) is 5.76 Å². The number of nitrogens with zero attached hydrogens (tertiary/aromatic N) is 2. The fraction of sp³-hybridized carbons (Fsp3) is 0.391. The van der Waals surface area contributed by atoms with Crippen LogP contribution in [0.5, 0.6) is 0 Å². The molecule has 2 fully saturated rings. The van der Waals surface area contributed by atoms with Gasteiger partial charge in [0.15, 0.2) is 0 Å². The van der Waals surface area contributed by atoms with Crippen molar-refractivity contribution >= 4 is 17.4 Å². The van der Waals surface area contributed by atoms with E-state index in [-0.39, 0.29) is 11.3 Å². The molecule has 7 nitrogen and oxygen atoms in total. The third-order valence-electron chi connectivity index (χ3n) is 5.65. The summed E-state index contributed by atoms with van der Waals surface area (Å²) in [6.45, 7) is 6.33. The Kier molecular flexibility index (Phi) is 6.01. The standard InChI is InChI=1S/C23H26N2O5/c1-16-5-7-17(8-6-16)21(26)19-20(18-4-2-13-30-18)25(23(28)22(19)27)10-3-9-24-11-14-29-15-12-24/h2,4-8,13,20,26H,3,9-12,14-15H2,1H3/b21-19-. The fourth-order valence-electron chi connectivity index (χ4n) is 4.01. The average molecular weight is 410 g/mol. The van der Waals surface area contributed by atoms with E-state index in [4.69, 9.17) is 9.15 Å². The summed E-state index contributed by atoms with van der Waals surface area (Å²) >= 11 is 0. The van der Waals surface area contributed by atoms with E-state index >= 15 is 0 Å². The van der Waals surface area contributed by atoms with Gasteiger partial charge in [-0.25, -0.2) is 0 Å². The second-order valence-corrected chi connectivity index (χ2v) is 7.68. The maximum Gasteiger partial charge on any atom is 0.295 e. The number of aliphatic hydroxyl groups excluding tert-OH is 1. The van der Waals surface area contributed by atoms with Crippen LogP contribution in [0.15, 0.2) is 52.7 Å². The normalized spacial score (nSPS) is 22.0. The van der Waals surface area contributed by atoms with E-state index in [1.165, 1.54) is 11.2 Å². The average Bonchev–Trinajstić information content (AvgIpc) is 3.37. The SMILES string of the molecule is Cc1ccc(/C(O)=C2/C(=O)C(=O)N(CCCN3CCOCC3)C2c2ccco2)cc1. The van der Waals surface area contributed by atoms with Crippen LogP contribution in [0.2, 0.25) is 0 Å². The number of amides is 1. The summed E-state index contributed by atoms with van der Waals surface area (Å²) in [7, 11) is 0. The highest BCUT2D eigenvalue weighted by atomic mass is 16.5. The first kappa shape index (κ1) is 20.4. The summed E-state index contributed by atoms with van der Waals surface area (Å²) in [4.78, 5) is 29.5. The predicted molar refractivity (Wildman–Crippen MR) is 111 cm³/mol. The van der Waals surface area contributed by atoms with Gasteiger partial charge >= 0.3 is 0 Å². The number of carbonyl (C=O) groups excluding carboxylic acids is 2. The van der Waals surface area contributed by atoms with Crippen molar-refractivity contribution in [3.8, 4) is 0 Å². The van der Waals surface area contributed by atoms with Crippen LogP contribution in [0, 0.1) is 6.92 Å². The molecule has 1 aromatic carbocycles. The maximum absolute atomic E-state index is 12.9. The van der Waals surface area contributed by atoms with Crippen molar-refractivity contribution in [1.82, 2.24) is 9.80 Å². The summed E-state index contributed by atoms with van der Waals surface area (Å²) in [6, 6.07) is 9.92. The van der Waals surface area contributed by atoms with Crippen molar-refractivity contribution in [2.45, 2.75) is 19.4 Å². The first-order chi connectivity index (χ1) is 14.6. The Labute approximate surface area is 175 Å². The van der Waals surface area contributed by atoms with Gasteiger partial charge < -0.3 is 19.2 Å². The number of hydrogen-bond acceptors (Lipinski definition) is 6. The van der Waals surface area contributed by atoms with Crippen molar-refractivity contribution in [2.24, 2.45) is 0 Å². The fourth-order valence-corrected chi connectivity index (χ4v) is 4.01. The highest BCUT2D eigenvalue weighted by Crippen LogP contribution is 2.39. The summed E-state index contributed by atoms with van der Waals surface area (Å²) in [6.07, 6.45) is 2.23. The molecule has 158 valence electrons. The zero-order valence-electron chi connectivity index (χ0n) is 17.0. The van der Waals surface area contributed by atoms with Crippen LogP contribution in [-0.4, -0.2) is 66.0 Å². The second-order valence-electron chi connectivity index (χ2n) is 7.68. The Morgan fingerprint density at radius 3 is 2.50 bits per heavy atom. The lowest BCUT2D eigenvalue weighted by molar-refractivity contribution is -0.140. The minimum Gasteiger partial charge on any atom is -0.507 e. The molecular weight excluding hydrogens is 384 g/mol. The Bertz CT molecular complexity index is 927. The number of rotatable bonds is 6. The van der Waals surface area contributed by atoms with Crippen LogP contribution in [0.3, 0.4) is 0 Å². The predicted octanol–water partition coefficient (Wildman–Crippen LogP) is 2.73. The number of furan rings is 1. The number of ketones is 1. The molecule has 1 aromatic heterocycles. The number of ether oxygens (including phenoxy) is 1. The van der Waals surface area contributed by atoms with Crippen LogP contribution < -0.4 is 0 Å². The summed E-state index contributed by atoms with van der Waals surface area (Å²) in [5.74, 6) is -0.993. The minimum atomic E-state index is -0.731. The molecule has 0 aliphatic carbocycles. The molecule has 2 aliphatic heterocycles. The lowest BCUT2D eigenvalue weighted by atomic mass is 9.99. The molecule has 1 unspecified atom stereocenters. The van der Waals surface area contributed by atoms with E-state index in [2.05, 4.69) is 4.90 Å². The van der Waals surface area contributed by atoms with Gasteiger partial charge in [0.05, 0.1) is 25.1 Å². The molecule has 2 aliphatic rings. The third-order valence-corrected chi connectivity index (χ3v) is 5.65. The lowest BCUT2D eigenvalue weighted by Gasteiger charge is -2.28. The minimum absolute atomic E-state index is 0.0742. The van der Waals surface area contributed by atoms with Crippen molar-refractivity contribution in [3.63, 3.8) is 0 Å². The van der Waals surface area contributed by atoms with Gasteiger partial charge in [-0.15, -0.1) is 0 Å². The highest BCUT2D eigenvalue weighted by molar-refractivity contribution is 6.46. The molecule has 4 rings (SSSR count). The molecule has 0 radical (unpaired) electrons. The third kappa shape index (κ3) is 4.04. The molecule has 3 heterocycles. The highest BCUT2D eigenvalue weighted by Gasteiger charge is 2.47. The number of aliphatic hydroxyl groups is 1. The summed E-state index contributed by atoms with van der Waals surface area (Å²) in [5, 5.41) is 10.9. The van der Waals surface area contributed by atoms with Gasteiger partial charge in [0.25, 0.3) is 11.7 Å². The molecule has 1 amide bonds. The number of morpholine rings is 1. The molecule has 1 N–H and O–H groups in total. The van der Waals surface area contributed by atoms with Crippen LogP contribution in [-0.2, 0) is 14.3 Å². The summed E-state index contributed by atoms with van der Waals surface area (Å²) in [5.41, 5.74) is 1.62. The molecule has 2 saturated heterocycles. The number of aryl methyl sites for hydroxylation is 1.